The average Bonchev–Trinajstić information content (AvgIpc) is 4.38. The molecule has 2 aliphatic carbocycles. The third-order valence-electron chi connectivity index (χ3n) is 12.7. The summed E-state index contributed by atoms with van der Waals surface area (Å²) in [4.78, 5) is 41.7. The van der Waals surface area contributed by atoms with E-state index in [1.54, 1.807) is 9.80 Å². The van der Waals surface area contributed by atoms with Gasteiger partial charge in [0.15, 0.2) is 33.9 Å². The monoisotopic (exact) mass is 1170 g/mol. The molecule has 3 N–H and O–H groups in total. The quantitative estimate of drug-likeness (QED) is 0.124. The Morgan fingerprint density at radius 2 is 0.914 bits per heavy atom. The van der Waals surface area contributed by atoms with E-state index in [-0.39, 0.29) is 29.2 Å². The summed E-state index contributed by atoms with van der Waals surface area (Å²) in [7, 11) is 0. The van der Waals surface area contributed by atoms with Crippen molar-refractivity contribution in [1.82, 2.24) is 51.0 Å². The van der Waals surface area contributed by atoms with E-state index in [0.717, 1.165) is 93.7 Å². The summed E-state index contributed by atoms with van der Waals surface area (Å²) >= 11 is 5.22. The van der Waals surface area contributed by atoms with Crippen LogP contribution in [0.1, 0.15) is 97.6 Å². The zero-order valence-corrected chi connectivity index (χ0v) is 45.6. The molecule has 6 heterocycles. The number of carboxylic acids is 1. The molecule has 17 nitrogen and oxygen atoms in total. The Morgan fingerprint density at radius 1 is 0.519 bits per heavy atom. The van der Waals surface area contributed by atoms with Crippen molar-refractivity contribution in [2.45, 2.75) is 95.3 Å². The van der Waals surface area contributed by atoms with E-state index in [4.69, 9.17) is 21.4 Å². The molecule has 0 unspecified atom stereocenters. The number of hydrogen-bond donors (Lipinski definition) is 3. The third kappa shape index (κ3) is 21.8. The van der Waals surface area contributed by atoms with Crippen LogP contribution in [0, 0.1) is 0 Å². The number of carbonyl (C=O) groups excluding carboxylic acids is 2. The molecule has 0 atom stereocenters. The zero-order valence-electron chi connectivity index (χ0n) is 44.8. The summed E-state index contributed by atoms with van der Waals surface area (Å²) in [6, 6.07) is 22.6. The van der Waals surface area contributed by atoms with E-state index in [2.05, 4.69) is 65.5 Å². The first kappa shape index (κ1) is 63.3. The number of aliphatic carboxylic acids is 1. The van der Waals surface area contributed by atoms with Crippen molar-refractivity contribution in [2.75, 3.05) is 88.3 Å². The number of alkyl halides is 9. The van der Waals surface area contributed by atoms with Gasteiger partial charge in [0.05, 0.1) is 12.8 Å². The summed E-state index contributed by atoms with van der Waals surface area (Å²) in [5, 5.41) is 34.5. The van der Waals surface area contributed by atoms with E-state index in [0.29, 0.717) is 50.2 Å². The number of carbonyl (C=O) groups is 3. The molecule has 2 aromatic carbocycles. The first-order chi connectivity index (χ1) is 38.2. The summed E-state index contributed by atoms with van der Waals surface area (Å²) in [6.07, 6.45) is -7.97. The number of rotatable bonds is 8. The molecule has 0 bridgehead atoms. The van der Waals surface area contributed by atoms with Gasteiger partial charge in [-0.3, -0.25) is 9.59 Å². The predicted molar refractivity (Wildman–Crippen MR) is 283 cm³/mol. The molecule has 3 saturated heterocycles. The Kier molecular flexibility index (Phi) is 22.4. The second-order valence-corrected chi connectivity index (χ2v) is 20.8. The molecule has 5 aliphatic rings. The van der Waals surface area contributed by atoms with E-state index >= 15 is 0 Å². The fraction of sp³-hybridized carbons (Fsp3) is 0.500. The summed E-state index contributed by atoms with van der Waals surface area (Å²) in [5.41, 5.74) is 1.21. The topological polar surface area (TPSA) is 195 Å². The van der Waals surface area contributed by atoms with Crippen LogP contribution in [-0.4, -0.2) is 148 Å². The Labute approximate surface area is 467 Å². The molecule has 0 spiro atoms. The minimum absolute atomic E-state index is 0.0574. The lowest BCUT2D eigenvalue weighted by Crippen LogP contribution is -2.49. The van der Waals surface area contributed by atoms with Gasteiger partial charge < -0.3 is 40.1 Å². The van der Waals surface area contributed by atoms with Crippen LogP contribution in [0.3, 0.4) is 0 Å². The minimum Gasteiger partial charge on any atom is -0.481 e. The molecule has 440 valence electrons. The van der Waals surface area contributed by atoms with Gasteiger partial charge >= 0.3 is 30.6 Å². The van der Waals surface area contributed by atoms with Gasteiger partial charge in [0, 0.05) is 78.5 Å². The maximum atomic E-state index is 12.6. The van der Waals surface area contributed by atoms with Gasteiger partial charge in [-0.25, -0.2) is 4.79 Å². The maximum Gasteiger partial charge on any atom is 0.435 e. The normalized spacial score (nSPS) is 16.7. The minimum atomic E-state index is -4.49. The molecule has 5 aromatic rings. The van der Waals surface area contributed by atoms with Crippen LogP contribution >= 0.6 is 11.6 Å². The van der Waals surface area contributed by atoms with Gasteiger partial charge in [0.25, 0.3) is 0 Å². The predicted octanol–water partition coefficient (Wildman–Crippen LogP) is 9.34. The second-order valence-electron chi connectivity index (χ2n) is 20.4. The zero-order chi connectivity index (χ0) is 59.0. The molecular weight excluding hydrogens is 1100 g/mol. The van der Waals surface area contributed by atoms with Crippen LogP contribution < -0.4 is 20.4 Å². The largest absolute Gasteiger partial charge is 0.481 e. The standard InChI is InChI=1S/C20H21F3N4O.C11H12O2.C9H11F3N4.C9H18N2O2.C5H2ClF3N2/c21-20(22,23)17-7-8-18(25-24-17)26-9-11-27(12-10-26)19(28)13-14-1-3-15(4-2-14)16-5-6-16;12-11(13)7-8-1-3-9(4-2-8)10-5-6-10;10-9(11,12)7-1-2-8(15-14-7)16-5-3-13-4-6-16;1-9(2,3)13-8(12)11-6-4-10-5-7-11;6-4-2-1-3(10-11-4)5(7,8)9/h1-4,7-8,16H,5-6,9-13H2;1-4,10H,5-7H2,(H,12,13);1-2,13H,3-6H2;10H,4-7H2,1-3H3;1-2H. The van der Waals surface area contributed by atoms with E-state index in [1.807, 2.05) is 54.8 Å². The molecule has 5 fully saturated rings. The van der Waals surface area contributed by atoms with Gasteiger partial charge in [-0.2, -0.15) is 39.5 Å². The number of halogens is 10. The van der Waals surface area contributed by atoms with Crippen molar-refractivity contribution < 1.29 is 63.7 Å². The first-order valence-corrected chi connectivity index (χ1v) is 26.5. The number of ether oxygens (including phenoxy) is 1. The summed E-state index contributed by atoms with van der Waals surface area (Å²) in [5.74, 6) is 1.65. The van der Waals surface area contributed by atoms with E-state index in [9.17, 15) is 53.9 Å². The van der Waals surface area contributed by atoms with Crippen molar-refractivity contribution in [1.29, 1.82) is 0 Å². The van der Waals surface area contributed by atoms with Crippen molar-refractivity contribution in [2.24, 2.45) is 0 Å². The van der Waals surface area contributed by atoms with Crippen LogP contribution in [-0.2, 0) is 45.7 Å². The molecule has 2 saturated carbocycles. The highest BCUT2D eigenvalue weighted by molar-refractivity contribution is 6.29. The van der Waals surface area contributed by atoms with Gasteiger partial charge in [-0.05, 0) is 117 Å². The van der Waals surface area contributed by atoms with Crippen molar-refractivity contribution in [3.8, 4) is 0 Å². The number of anilines is 2. The Hall–Kier alpha value is -6.93. The molecule has 2 amide bonds. The molecular formula is C54H64ClF9N12O5. The first-order valence-electron chi connectivity index (χ1n) is 26.2. The number of carboxylic acid groups (broad SMARTS) is 1. The number of benzene rings is 2. The lowest BCUT2D eigenvalue weighted by molar-refractivity contribution is -0.142. The highest BCUT2D eigenvalue weighted by Crippen LogP contribution is 2.41. The summed E-state index contributed by atoms with van der Waals surface area (Å²) in [6.45, 7) is 14.0. The number of aromatic nitrogens is 6. The van der Waals surface area contributed by atoms with Crippen LogP contribution in [0.15, 0.2) is 84.9 Å². The number of amides is 2. The molecule has 10 rings (SSSR count). The number of hydrogen-bond acceptors (Lipinski definition) is 14. The highest BCUT2D eigenvalue weighted by Gasteiger charge is 2.35. The SMILES string of the molecule is CC(C)(C)OC(=O)N1CCNCC1.FC(F)(F)c1ccc(Cl)nn1.FC(F)(F)c1ccc(N2CCNCC2)nn1.O=C(Cc1ccc(C2CC2)cc1)N1CCN(c2ccc(C(F)(F)F)nn2)CC1.O=C(O)Cc1ccc(C2CC2)cc1. The Morgan fingerprint density at radius 3 is 1.27 bits per heavy atom. The van der Waals surface area contributed by atoms with Gasteiger partial charge in [0.1, 0.15) is 5.60 Å². The lowest BCUT2D eigenvalue weighted by Gasteiger charge is -2.35. The number of piperazine rings is 3. The Balaban J connectivity index is 0.000000172. The molecule has 81 heavy (non-hydrogen) atoms. The van der Waals surface area contributed by atoms with Crippen LogP contribution in [0.25, 0.3) is 0 Å². The number of nitrogens with one attached hydrogen (secondary N) is 2. The van der Waals surface area contributed by atoms with Crippen LogP contribution in [0.2, 0.25) is 5.15 Å². The van der Waals surface area contributed by atoms with Gasteiger partial charge in [-0.15, -0.1) is 30.6 Å². The number of nitrogens with zero attached hydrogens (tertiary/aromatic N) is 10. The van der Waals surface area contributed by atoms with Crippen molar-refractivity contribution in [3.63, 3.8) is 0 Å². The molecule has 3 aromatic heterocycles. The van der Waals surface area contributed by atoms with Gasteiger partial charge in [-0.1, -0.05) is 60.1 Å². The van der Waals surface area contributed by atoms with Crippen LogP contribution in [0.5, 0.6) is 0 Å². The molecule has 3 aliphatic heterocycles. The van der Waals surface area contributed by atoms with Crippen molar-refractivity contribution >= 4 is 41.2 Å². The van der Waals surface area contributed by atoms with E-state index < -0.39 is 41.6 Å². The third-order valence-corrected chi connectivity index (χ3v) is 12.9. The smallest absolute Gasteiger partial charge is 0.435 e. The summed E-state index contributed by atoms with van der Waals surface area (Å²) < 4.78 is 115. The van der Waals surface area contributed by atoms with Crippen molar-refractivity contribution in [3.05, 3.63) is 129 Å². The average molecular weight is 1170 g/mol. The lowest BCUT2D eigenvalue weighted by atomic mass is 10.1. The highest BCUT2D eigenvalue weighted by atomic mass is 35.5. The fourth-order valence-corrected chi connectivity index (χ4v) is 8.22. The second kappa shape index (κ2) is 28.7. The molecule has 27 heteroatoms. The Bertz CT molecular complexity index is 2750. The van der Waals surface area contributed by atoms with Gasteiger partial charge in [0.2, 0.25) is 5.91 Å². The van der Waals surface area contributed by atoms with E-state index in [1.165, 1.54) is 48.9 Å². The maximum absolute atomic E-state index is 12.6. The fourth-order valence-electron chi connectivity index (χ4n) is 8.12. The van der Waals surface area contributed by atoms with Crippen LogP contribution in [0.4, 0.5) is 55.9 Å². The molecule has 0 radical (unpaired) electrons.